The van der Waals surface area contributed by atoms with Crippen molar-refractivity contribution < 1.29 is 28.8 Å². The zero-order valence-corrected chi connectivity index (χ0v) is 20.3. The van der Waals surface area contributed by atoms with Crippen molar-refractivity contribution in [3.8, 4) is 5.75 Å². The maximum Gasteiger partial charge on any atom is 1.00 e. The number of nitrogens with two attached hydrogens (primary N) is 2. The number of hydrogen-bond acceptors (Lipinski definition) is 7. The van der Waals surface area contributed by atoms with Gasteiger partial charge in [-0.15, -0.1) is 0 Å². The molecule has 1 atom stereocenters. The van der Waals surface area contributed by atoms with E-state index in [9.17, 15) is 9.90 Å². The fourth-order valence-corrected chi connectivity index (χ4v) is 4.46. The molecule has 3 aromatic rings. The topological polar surface area (TPSA) is 171 Å². The fourth-order valence-electron chi connectivity index (χ4n) is 4.46. The molecule has 0 unspecified atom stereocenters. The Labute approximate surface area is 222 Å². The van der Waals surface area contributed by atoms with Gasteiger partial charge in [0, 0.05) is 35.5 Å². The summed E-state index contributed by atoms with van der Waals surface area (Å²) in [7, 11) is 0. The van der Waals surface area contributed by atoms with Crippen molar-refractivity contribution >= 4 is 34.8 Å². The molecule has 2 heterocycles. The van der Waals surface area contributed by atoms with Crippen molar-refractivity contribution in [1.29, 1.82) is 5.41 Å². The van der Waals surface area contributed by atoms with E-state index in [-0.39, 0.29) is 54.6 Å². The molecule has 0 bridgehead atoms. The van der Waals surface area contributed by atoms with E-state index in [2.05, 4.69) is 33.6 Å². The van der Waals surface area contributed by atoms with Gasteiger partial charge in [0.15, 0.2) is 0 Å². The number of benzene rings is 2. The first-order valence-electron chi connectivity index (χ1n) is 11.3. The molecule has 0 saturated heterocycles. The van der Waals surface area contributed by atoms with E-state index in [1.807, 2.05) is 12.1 Å². The Hall–Kier alpha value is -3.51. The van der Waals surface area contributed by atoms with Gasteiger partial charge in [0.2, 0.25) is 11.9 Å². The van der Waals surface area contributed by atoms with Gasteiger partial charge in [0.05, 0.1) is 11.3 Å². The largest absolute Gasteiger partial charge is 1.00 e. The molecule has 2 aromatic carbocycles. The number of fused-ring (bicyclic) bond motifs is 1. The van der Waals surface area contributed by atoms with Gasteiger partial charge < -0.3 is 40.0 Å². The molecule has 1 fully saturated rings. The molecule has 10 heteroatoms. The molecule has 1 aliphatic heterocycles. The first-order valence-corrected chi connectivity index (χ1v) is 11.3. The van der Waals surface area contributed by atoms with Crippen molar-refractivity contribution in [3.05, 3.63) is 83.8 Å². The van der Waals surface area contributed by atoms with Crippen LogP contribution in [0.4, 0.5) is 23.1 Å². The summed E-state index contributed by atoms with van der Waals surface area (Å²) in [5, 5.41) is 25.3. The standard InChI is InChI=1S/C26H26N6O2.Li.H2N/c1-2-14-12-16(8-9-17(14)15-6-7-15)30-26-29-13-19-24(28)18(10-11-22(34)31-25(19)32-26)23-20(27)4-3-5-21(23)33;;/h3-5,8-9,12-13,18,28,33H,1-2,6-7,10-11,27H2,(H2,29,30,31,32,34);;1H2/q-2;+1;-1/t18-;;/m0../s1. The van der Waals surface area contributed by atoms with Crippen LogP contribution in [0.3, 0.4) is 0 Å². The number of carbonyl (C=O) groups is 1. The molecule has 1 aliphatic carbocycles. The number of anilines is 4. The molecule has 5 rings (SSSR count). The van der Waals surface area contributed by atoms with Gasteiger partial charge in [0.1, 0.15) is 11.6 Å². The second-order valence-electron chi connectivity index (χ2n) is 8.64. The number of phenolic OH excluding ortho intramolecular Hbond substituents is 1. The Balaban J connectivity index is 0.00000180. The third-order valence-corrected chi connectivity index (χ3v) is 6.32. The van der Waals surface area contributed by atoms with Crippen LogP contribution in [0.2, 0.25) is 0 Å². The van der Waals surface area contributed by atoms with E-state index in [4.69, 9.17) is 11.1 Å². The van der Waals surface area contributed by atoms with E-state index in [1.165, 1.54) is 29.3 Å². The molecule has 1 amide bonds. The van der Waals surface area contributed by atoms with Crippen molar-refractivity contribution in [2.45, 2.75) is 38.0 Å². The van der Waals surface area contributed by atoms with Gasteiger partial charge in [-0.1, -0.05) is 31.0 Å². The van der Waals surface area contributed by atoms with E-state index < -0.39 is 5.92 Å². The molecule has 2 aliphatic rings. The molecule has 0 radical (unpaired) electrons. The van der Waals surface area contributed by atoms with Gasteiger partial charge in [-0.3, -0.25) is 4.79 Å². The molecule has 0 spiro atoms. The van der Waals surface area contributed by atoms with Crippen LogP contribution in [0.15, 0.2) is 42.6 Å². The molecular weight excluding hydrogens is 449 g/mol. The Morgan fingerprint density at radius 2 is 2.06 bits per heavy atom. The van der Waals surface area contributed by atoms with Gasteiger partial charge in [0.25, 0.3) is 0 Å². The second kappa shape index (κ2) is 11.0. The number of nitrogens with one attached hydrogen (secondary N) is 3. The number of hydrogen-bond donors (Lipinski definition) is 5. The molecule has 1 saturated carbocycles. The van der Waals surface area contributed by atoms with Gasteiger partial charge >= 0.3 is 18.9 Å². The summed E-state index contributed by atoms with van der Waals surface area (Å²) in [4.78, 5) is 21.5. The van der Waals surface area contributed by atoms with E-state index in [1.54, 1.807) is 12.1 Å². The second-order valence-corrected chi connectivity index (χ2v) is 8.64. The minimum atomic E-state index is -0.555. The summed E-state index contributed by atoms with van der Waals surface area (Å²) < 4.78 is 0. The predicted octanol–water partition coefficient (Wildman–Crippen LogP) is 2.21. The zero-order chi connectivity index (χ0) is 23.8. The molecule has 36 heavy (non-hydrogen) atoms. The van der Waals surface area contributed by atoms with Crippen molar-refractivity contribution in [1.82, 2.24) is 9.97 Å². The number of amides is 1. The normalized spacial score (nSPS) is 16.5. The number of aromatic hydroxyl groups is 1. The third kappa shape index (κ3) is 5.34. The summed E-state index contributed by atoms with van der Waals surface area (Å²) in [6.45, 7) is 4.04. The van der Waals surface area contributed by atoms with Crippen molar-refractivity contribution in [2.75, 3.05) is 16.4 Å². The molecule has 182 valence electrons. The minimum absolute atomic E-state index is 0. The summed E-state index contributed by atoms with van der Waals surface area (Å²) in [6, 6.07) is 11.0. The van der Waals surface area contributed by atoms with Crippen LogP contribution in [0.25, 0.3) is 6.15 Å². The Bertz CT molecular complexity index is 1270. The number of rotatable bonds is 5. The third-order valence-electron chi connectivity index (χ3n) is 6.32. The minimum Gasteiger partial charge on any atom is -0.693 e. The van der Waals surface area contributed by atoms with Gasteiger partial charge in [-0.05, 0) is 18.6 Å². The number of nitrogen functional groups attached to an aromatic ring is 1. The average molecular weight is 477 g/mol. The zero-order valence-electron chi connectivity index (χ0n) is 20.3. The van der Waals surface area contributed by atoms with E-state index in [0.29, 0.717) is 35.6 Å². The smallest absolute Gasteiger partial charge is 0.693 e. The Kier molecular flexibility index (Phi) is 8.31. The number of nitrogens with zero attached hydrogens (tertiary/aromatic N) is 2. The van der Waals surface area contributed by atoms with Crippen molar-refractivity contribution in [3.63, 3.8) is 0 Å². The predicted molar refractivity (Wildman–Crippen MR) is 138 cm³/mol. The maximum absolute atomic E-state index is 12.5. The summed E-state index contributed by atoms with van der Waals surface area (Å²) in [5.41, 5.74) is 10.8. The van der Waals surface area contributed by atoms with Crippen LogP contribution in [0, 0.1) is 18.3 Å². The first-order chi connectivity index (χ1) is 16.4. The van der Waals surface area contributed by atoms with E-state index in [0.717, 1.165) is 18.5 Å². The Morgan fingerprint density at radius 1 is 1.28 bits per heavy atom. The van der Waals surface area contributed by atoms with Gasteiger partial charge in [-0.2, -0.15) is 28.1 Å². The van der Waals surface area contributed by atoms with Crippen LogP contribution in [0.1, 0.15) is 53.9 Å². The fraction of sp³-hybridized carbons (Fsp3) is 0.231. The van der Waals surface area contributed by atoms with Crippen LogP contribution in [-0.4, -0.2) is 26.7 Å². The SMILES string of the molecule is [CH2-]Cc1cc(Nc2ncc3c(n2)NC(=O)CC[C@@H](c2c(N)cccc2O)C3=N)ccc1[C-]1CC1.[Li+].[NH2-]. The summed E-state index contributed by atoms with van der Waals surface area (Å²) >= 11 is 0. The number of carbonyl (C=O) groups excluding carboxylic acids is 1. The van der Waals surface area contributed by atoms with Crippen molar-refractivity contribution in [2.24, 2.45) is 0 Å². The monoisotopic (exact) mass is 477 g/mol. The first kappa shape index (κ1) is 27.1. The van der Waals surface area contributed by atoms with Crippen LogP contribution in [-0.2, 0) is 11.2 Å². The van der Waals surface area contributed by atoms with Crippen LogP contribution >= 0.6 is 0 Å². The average Bonchev–Trinajstić information content (AvgIpc) is 3.65. The Morgan fingerprint density at radius 3 is 2.75 bits per heavy atom. The van der Waals surface area contributed by atoms with E-state index >= 15 is 0 Å². The summed E-state index contributed by atoms with van der Waals surface area (Å²) in [6.07, 6.45) is 5.01. The molecule has 1 aromatic heterocycles. The molecule has 9 nitrogen and oxygen atoms in total. The van der Waals surface area contributed by atoms with Crippen LogP contribution in [0.5, 0.6) is 5.75 Å². The summed E-state index contributed by atoms with van der Waals surface area (Å²) in [5.74, 6) is 1.26. The number of aromatic nitrogens is 2. The molecule has 8 N–H and O–H groups in total. The molecular formula is C26H28LiN7O2-2. The quantitative estimate of drug-likeness (QED) is 0.214. The van der Waals surface area contributed by atoms with Crippen LogP contribution < -0.4 is 35.2 Å². The maximum atomic E-state index is 12.5. The number of phenols is 1. The van der Waals surface area contributed by atoms with Gasteiger partial charge in [-0.25, -0.2) is 11.4 Å².